The van der Waals surface area contributed by atoms with Gasteiger partial charge in [-0.2, -0.15) is 0 Å². The quantitative estimate of drug-likeness (QED) is 0.148. The van der Waals surface area contributed by atoms with Crippen LogP contribution in [0.5, 0.6) is 0 Å². The zero-order chi connectivity index (χ0) is 27.7. The molecule has 2 aromatic rings. The van der Waals surface area contributed by atoms with Crippen molar-refractivity contribution >= 4 is 44.6 Å². The first-order valence-electron chi connectivity index (χ1n) is 13.4. The van der Waals surface area contributed by atoms with Gasteiger partial charge in [0.15, 0.2) is 6.29 Å². The van der Waals surface area contributed by atoms with Gasteiger partial charge in [0.1, 0.15) is 5.84 Å². The van der Waals surface area contributed by atoms with Crippen molar-refractivity contribution < 1.29 is 9.53 Å². The number of aromatic amines is 1. The SMILES string of the molecule is CC.CN(C=N)C(=N)C(c1cccc(N(C)/C=C(/Br)c2cc(CN[C@@H]3CCOC3)[nH]c2C=O)c1)C1CCC1. The summed E-state index contributed by atoms with van der Waals surface area (Å²) in [5, 5.41) is 19.7. The number of aldehydes is 1. The molecule has 0 bridgehead atoms. The van der Waals surface area contributed by atoms with E-state index in [4.69, 9.17) is 15.6 Å². The Hall–Kier alpha value is -2.75. The van der Waals surface area contributed by atoms with Gasteiger partial charge < -0.3 is 24.8 Å². The summed E-state index contributed by atoms with van der Waals surface area (Å²) in [5.41, 5.74) is 4.38. The van der Waals surface area contributed by atoms with Crippen molar-refractivity contribution in [3.63, 3.8) is 0 Å². The molecule has 38 heavy (non-hydrogen) atoms. The summed E-state index contributed by atoms with van der Waals surface area (Å²) in [6.45, 7) is 6.16. The second-order valence-electron chi connectivity index (χ2n) is 9.66. The zero-order valence-electron chi connectivity index (χ0n) is 22.9. The number of nitrogens with zero attached hydrogens (tertiary/aromatic N) is 2. The third-order valence-electron chi connectivity index (χ3n) is 7.22. The smallest absolute Gasteiger partial charge is 0.166 e. The Kier molecular flexibility index (Phi) is 11.3. The van der Waals surface area contributed by atoms with Gasteiger partial charge >= 0.3 is 0 Å². The largest absolute Gasteiger partial charge is 0.380 e. The van der Waals surface area contributed by atoms with E-state index in [0.717, 1.165) is 65.8 Å². The maximum absolute atomic E-state index is 11.7. The number of hydrogen-bond donors (Lipinski definition) is 4. The lowest BCUT2D eigenvalue weighted by Crippen LogP contribution is -2.36. The lowest BCUT2D eigenvalue weighted by atomic mass is 9.72. The van der Waals surface area contributed by atoms with Crippen LogP contribution in [0.4, 0.5) is 5.69 Å². The van der Waals surface area contributed by atoms with E-state index in [1.165, 1.54) is 12.8 Å². The molecule has 2 aliphatic rings. The van der Waals surface area contributed by atoms with E-state index in [-0.39, 0.29) is 5.92 Å². The number of anilines is 1. The van der Waals surface area contributed by atoms with E-state index >= 15 is 0 Å². The molecule has 0 spiro atoms. The monoisotopic (exact) mass is 584 g/mol. The first kappa shape index (κ1) is 29.8. The highest BCUT2D eigenvalue weighted by Crippen LogP contribution is 2.41. The first-order chi connectivity index (χ1) is 18.4. The molecule has 1 aromatic heterocycles. The molecule has 8 nitrogen and oxygen atoms in total. The molecule has 4 N–H and O–H groups in total. The predicted octanol–water partition coefficient (Wildman–Crippen LogP) is 5.96. The van der Waals surface area contributed by atoms with E-state index in [2.05, 4.69) is 38.4 Å². The summed E-state index contributed by atoms with van der Waals surface area (Å²) >= 11 is 3.68. The van der Waals surface area contributed by atoms with Crippen LogP contribution in [0.15, 0.2) is 36.5 Å². The summed E-state index contributed by atoms with van der Waals surface area (Å²) in [6, 6.07) is 10.6. The van der Waals surface area contributed by atoms with Gasteiger partial charge in [-0.05, 0) is 64.9 Å². The number of carbonyl (C=O) groups is 1. The fourth-order valence-corrected chi connectivity index (χ4v) is 5.47. The van der Waals surface area contributed by atoms with Gasteiger partial charge in [0.2, 0.25) is 0 Å². The van der Waals surface area contributed by atoms with Gasteiger partial charge in [-0.1, -0.05) is 32.4 Å². The standard InChI is InChI=1S/C27H35BrN6O2.C2H6/c1-33(14-24(28)23-12-21(32-25(23)15-35)13-31-20-9-10-36-16-20)22-8-4-7-19(11-22)26(18-5-3-6-18)27(30)34(2)17-29;1-2/h4,7-8,11-12,14-15,17-18,20,26,29-32H,3,5-6,9-10,13,16H2,1-2H3;1-2H3/b24-14+,29-17?,30-27?;/t20-,26?;/m1./s1. The summed E-state index contributed by atoms with van der Waals surface area (Å²) < 4.78 is 6.22. The number of benzene rings is 1. The van der Waals surface area contributed by atoms with Crippen LogP contribution < -0.4 is 10.2 Å². The fourth-order valence-electron chi connectivity index (χ4n) is 4.83. The van der Waals surface area contributed by atoms with E-state index in [1.54, 1.807) is 11.9 Å². The molecule has 4 rings (SSSR count). The molecule has 1 saturated carbocycles. The molecule has 9 heteroatoms. The molecular formula is C29H41BrN6O2. The van der Waals surface area contributed by atoms with E-state index in [0.29, 0.717) is 30.0 Å². The summed E-state index contributed by atoms with van der Waals surface area (Å²) in [5.74, 6) is 0.859. The van der Waals surface area contributed by atoms with E-state index in [1.807, 2.05) is 50.2 Å². The number of hydrogen-bond acceptors (Lipinski definition) is 6. The third kappa shape index (κ3) is 7.21. The summed E-state index contributed by atoms with van der Waals surface area (Å²) in [7, 11) is 3.74. The van der Waals surface area contributed by atoms with Crippen LogP contribution in [-0.4, -0.2) is 61.7 Å². The second kappa shape index (κ2) is 14.4. The molecular weight excluding hydrogens is 544 g/mol. The molecule has 1 saturated heterocycles. The van der Waals surface area contributed by atoms with Crippen LogP contribution in [0.25, 0.3) is 4.48 Å². The number of carbonyl (C=O) groups excluding carboxylic acids is 1. The molecule has 1 aliphatic heterocycles. The van der Waals surface area contributed by atoms with Gasteiger partial charge in [-0.3, -0.25) is 15.6 Å². The van der Waals surface area contributed by atoms with E-state index in [9.17, 15) is 4.79 Å². The molecule has 2 heterocycles. The van der Waals surface area contributed by atoms with Crippen LogP contribution in [-0.2, 0) is 11.3 Å². The van der Waals surface area contributed by atoms with Crippen LogP contribution in [0.3, 0.4) is 0 Å². The minimum atomic E-state index is -0.0298. The highest BCUT2D eigenvalue weighted by Gasteiger charge is 2.33. The Morgan fingerprint density at radius 3 is 2.63 bits per heavy atom. The molecule has 0 radical (unpaired) electrons. The van der Waals surface area contributed by atoms with Crippen molar-refractivity contribution in [2.75, 3.05) is 32.2 Å². The average molecular weight is 586 g/mol. The van der Waals surface area contributed by atoms with Gasteiger partial charge in [-0.15, -0.1) is 0 Å². The Morgan fingerprint density at radius 2 is 2.03 bits per heavy atom. The topological polar surface area (TPSA) is 108 Å². The molecule has 1 aromatic carbocycles. The van der Waals surface area contributed by atoms with Crippen LogP contribution >= 0.6 is 15.9 Å². The van der Waals surface area contributed by atoms with Gasteiger partial charge in [0.05, 0.1) is 18.6 Å². The van der Waals surface area contributed by atoms with Gasteiger partial charge in [0, 0.05) is 66.8 Å². The maximum atomic E-state index is 11.7. The van der Waals surface area contributed by atoms with Crippen molar-refractivity contribution in [1.82, 2.24) is 15.2 Å². The van der Waals surface area contributed by atoms with Gasteiger partial charge in [-0.25, -0.2) is 0 Å². The van der Waals surface area contributed by atoms with Crippen molar-refractivity contribution in [3.05, 3.63) is 59.0 Å². The molecule has 206 valence electrons. The molecule has 2 atom stereocenters. The second-order valence-corrected chi connectivity index (χ2v) is 10.5. The first-order valence-corrected chi connectivity index (χ1v) is 14.2. The average Bonchev–Trinajstić information content (AvgIpc) is 3.59. The fraction of sp³-hybridized carbons (Fsp3) is 0.483. The Labute approximate surface area is 235 Å². The van der Waals surface area contributed by atoms with Crippen LogP contribution in [0.1, 0.15) is 72.8 Å². The number of aromatic nitrogens is 1. The molecule has 0 amide bonds. The van der Waals surface area contributed by atoms with Crippen LogP contribution in [0.2, 0.25) is 0 Å². The van der Waals surface area contributed by atoms with Gasteiger partial charge in [0.25, 0.3) is 0 Å². The number of H-pyrrole nitrogens is 1. The highest BCUT2D eigenvalue weighted by atomic mass is 79.9. The molecule has 1 aliphatic carbocycles. The minimum Gasteiger partial charge on any atom is -0.380 e. The van der Waals surface area contributed by atoms with Crippen LogP contribution in [0, 0.1) is 16.7 Å². The predicted molar refractivity (Wildman–Crippen MR) is 160 cm³/mol. The number of nitrogens with one attached hydrogen (secondary N) is 4. The highest BCUT2D eigenvalue weighted by molar-refractivity contribution is 9.15. The van der Waals surface area contributed by atoms with Crippen molar-refractivity contribution in [3.8, 4) is 0 Å². The van der Waals surface area contributed by atoms with E-state index < -0.39 is 0 Å². The summed E-state index contributed by atoms with van der Waals surface area (Å²) in [4.78, 5) is 18.6. The molecule has 1 unspecified atom stereocenters. The zero-order valence-corrected chi connectivity index (χ0v) is 24.5. The minimum absolute atomic E-state index is 0.0298. The normalized spacial score (nSPS) is 18.1. The molecule has 2 fully saturated rings. The lowest BCUT2D eigenvalue weighted by molar-refractivity contribution is 0.111. The Bertz CT molecular complexity index is 1120. The third-order valence-corrected chi connectivity index (χ3v) is 7.85. The van der Waals surface area contributed by atoms with Crippen molar-refractivity contribution in [2.45, 2.75) is 58.0 Å². The van der Waals surface area contributed by atoms with Crippen molar-refractivity contribution in [2.24, 2.45) is 5.92 Å². The Balaban J connectivity index is 0.00000195. The number of rotatable bonds is 11. The number of likely N-dealkylation sites (N-methyl/N-ethyl adjacent to an activating group) is 1. The Morgan fingerprint density at radius 1 is 1.26 bits per heavy atom. The number of halogens is 1. The number of amidine groups is 1. The summed E-state index contributed by atoms with van der Waals surface area (Å²) in [6.07, 6.45) is 8.43. The van der Waals surface area contributed by atoms with Crippen molar-refractivity contribution in [1.29, 1.82) is 10.8 Å². The maximum Gasteiger partial charge on any atom is 0.166 e. The number of ether oxygens (including phenoxy) is 1. The lowest BCUT2D eigenvalue weighted by Gasteiger charge is -2.36.